The van der Waals surface area contributed by atoms with Crippen LogP contribution in [0.3, 0.4) is 0 Å². The Morgan fingerprint density at radius 2 is 1.96 bits per heavy atom. The number of ether oxygens (including phenoxy) is 3. The number of piperidine rings is 1. The van der Waals surface area contributed by atoms with E-state index in [1.54, 1.807) is 13.3 Å². The highest BCUT2D eigenvalue weighted by molar-refractivity contribution is 5.63. The Labute approximate surface area is 159 Å². The number of methoxy groups -OCH3 is 1. The maximum atomic E-state index is 6.09. The van der Waals surface area contributed by atoms with Crippen molar-refractivity contribution in [3.8, 4) is 11.8 Å². The van der Waals surface area contributed by atoms with Crippen LogP contribution in [-0.2, 0) is 4.74 Å². The number of aromatic nitrogens is 3. The first kappa shape index (κ1) is 19.3. The van der Waals surface area contributed by atoms with E-state index in [2.05, 4.69) is 25.6 Å². The highest BCUT2D eigenvalue weighted by Gasteiger charge is 2.18. The predicted molar refractivity (Wildman–Crippen MR) is 103 cm³/mol. The minimum atomic E-state index is 0.194. The van der Waals surface area contributed by atoms with E-state index in [0.717, 1.165) is 42.7 Å². The standard InChI is InChI=1S/C19H27N5O3/c1-13-10-17(26-9-8-25-3)21-11-16(13)24-18-14(2)19(23-12-22-18)27-15-4-6-20-7-5-15/h10-12,15,20H,4-9H2,1-3H3,(H,22,23,24). The fourth-order valence-corrected chi connectivity index (χ4v) is 2.85. The van der Waals surface area contributed by atoms with E-state index in [1.165, 1.54) is 6.33 Å². The lowest BCUT2D eigenvalue weighted by atomic mass is 10.1. The third kappa shape index (κ3) is 5.27. The van der Waals surface area contributed by atoms with Crippen LogP contribution in [0, 0.1) is 13.8 Å². The molecule has 1 saturated heterocycles. The number of nitrogens with zero attached hydrogens (tertiary/aromatic N) is 3. The highest BCUT2D eigenvalue weighted by atomic mass is 16.5. The summed E-state index contributed by atoms with van der Waals surface area (Å²) in [7, 11) is 1.64. The summed E-state index contributed by atoms with van der Waals surface area (Å²) in [4.78, 5) is 13.0. The zero-order valence-electron chi connectivity index (χ0n) is 16.1. The number of hydrogen-bond acceptors (Lipinski definition) is 8. The van der Waals surface area contributed by atoms with Crippen LogP contribution in [0.5, 0.6) is 11.8 Å². The van der Waals surface area contributed by atoms with Crippen LogP contribution in [0.4, 0.5) is 11.5 Å². The van der Waals surface area contributed by atoms with Crippen molar-refractivity contribution in [3.05, 3.63) is 29.7 Å². The Balaban J connectivity index is 1.69. The smallest absolute Gasteiger partial charge is 0.221 e. The summed E-state index contributed by atoms with van der Waals surface area (Å²) >= 11 is 0. The van der Waals surface area contributed by atoms with Crippen LogP contribution in [0.1, 0.15) is 24.0 Å². The first-order chi connectivity index (χ1) is 13.2. The van der Waals surface area contributed by atoms with Gasteiger partial charge in [0.25, 0.3) is 0 Å². The zero-order chi connectivity index (χ0) is 19.1. The SMILES string of the molecule is COCCOc1cc(C)c(Nc2ncnc(OC3CCNCC3)c2C)cn1. The molecule has 0 saturated carbocycles. The maximum absolute atomic E-state index is 6.09. The molecule has 3 heterocycles. The van der Waals surface area contributed by atoms with Crippen molar-refractivity contribution in [2.24, 2.45) is 0 Å². The van der Waals surface area contributed by atoms with E-state index in [-0.39, 0.29) is 6.10 Å². The van der Waals surface area contributed by atoms with Gasteiger partial charge in [0.05, 0.1) is 24.1 Å². The van der Waals surface area contributed by atoms with E-state index in [1.807, 2.05) is 19.9 Å². The third-order valence-electron chi connectivity index (χ3n) is 4.48. The molecule has 146 valence electrons. The van der Waals surface area contributed by atoms with E-state index in [4.69, 9.17) is 14.2 Å². The average Bonchev–Trinajstić information content (AvgIpc) is 2.68. The van der Waals surface area contributed by atoms with Crippen LogP contribution in [-0.4, -0.2) is 54.5 Å². The van der Waals surface area contributed by atoms with Crippen LogP contribution < -0.4 is 20.1 Å². The van der Waals surface area contributed by atoms with Gasteiger partial charge in [0, 0.05) is 13.2 Å². The van der Waals surface area contributed by atoms with Gasteiger partial charge in [-0.2, -0.15) is 0 Å². The van der Waals surface area contributed by atoms with Gasteiger partial charge in [0.2, 0.25) is 11.8 Å². The summed E-state index contributed by atoms with van der Waals surface area (Å²) in [6.07, 6.45) is 5.43. The fourth-order valence-electron chi connectivity index (χ4n) is 2.85. The first-order valence-electron chi connectivity index (χ1n) is 9.21. The number of aryl methyl sites for hydroxylation is 1. The molecule has 0 aromatic carbocycles. The summed E-state index contributed by atoms with van der Waals surface area (Å²) in [5.41, 5.74) is 2.76. The molecule has 1 fully saturated rings. The van der Waals surface area contributed by atoms with Crippen molar-refractivity contribution in [2.45, 2.75) is 32.8 Å². The molecular weight excluding hydrogens is 346 g/mol. The molecule has 0 unspecified atom stereocenters. The molecule has 1 aliphatic heterocycles. The molecule has 0 amide bonds. The van der Waals surface area contributed by atoms with Gasteiger partial charge >= 0.3 is 0 Å². The topological polar surface area (TPSA) is 90.4 Å². The zero-order valence-corrected chi connectivity index (χ0v) is 16.1. The van der Waals surface area contributed by atoms with Gasteiger partial charge in [-0.3, -0.25) is 0 Å². The number of anilines is 2. The third-order valence-corrected chi connectivity index (χ3v) is 4.48. The van der Waals surface area contributed by atoms with Crippen LogP contribution >= 0.6 is 0 Å². The van der Waals surface area contributed by atoms with E-state index < -0.39 is 0 Å². The minimum absolute atomic E-state index is 0.194. The molecule has 8 heteroatoms. The molecule has 1 aliphatic rings. The Hall–Kier alpha value is -2.45. The Bertz CT molecular complexity index is 750. The molecular formula is C19H27N5O3. The molecule has 8 nitrogen and oxygen atoms in total. The van der Waals surface area contributed by atoms with Gasteiger partial charge in [0.1, 0.15) is 24.9 Å². The van der Waals surface area contributed by atoms with Crippen molar-refractivity contribution in [1.29, 1.82) is 0 Å². The Morgan fingerprint density at radius 1 is 1.15 bits per heavy atom. The molecule has 0 radical (unpaired) electrons. The van der Waals surface area contributed by atoms with E-state index in [0.29, 0.717) is 30.8 Å². The monoisotopic (exact) mass is 373 g/mol. The first-order valence-corrected chi connectivity index (χ1v) is 9.21. The van der Waals surface area contributed by atoms with Gasteiger partial charge in [-0.25, -0.2) is 15.0 Å². The minimum Gasteiger partial charge on any atom is -0.475 e. The number of pyridine rings is 1. The van der Waals surface area contributed by atoms with Crippen molar-refractivity contribution in [2.75, 3.05) is 38.7 Å². The molecule has 0 bridgehead atoms. The lowest BCUT2D eigenvalue weighted by molar-refractivity contribution is 0.143. The second kappa shape index (κ2) is 9.48. The van der Waals surface area contributed by atoms with E-state index in [9.17, 15) is 0 Å². The van der Waals surface area contributed by atoms with Crippen LogP contribution in [0.15, 0.2) is 18.6 Å². The fraction of sp³-hybridized carbons (Fsp3) is 0.526. The summed E-state index contributed by atoms with van der Waals surface area (Å²) in [6.45, 7) is 6.91. The Kier molecular flexibility index (Phi) is 6.78. The molecule has 0 atom stereocenters. The molecule has 0 spiro atoms. The number of hydrogen-bond donors (Lipinski definition) is 2. The largest absolute Gasteiger partial charge is 0.475 e. The summed E-state index contributed by atoms with van der Waals surface area (Å²) in [5.74, 6) is 1.92. The molecule has 2 N–H and O–H groups in total. The van der Waals surface area contributed by atoms with E-state index >= 15 is 0 Å². The molecule has 0 aliphatic carbocycles. The van der Waals surface area contributed by atoms with Gasteiger partial charge in [-0.05, 0) is 45.3 Å². The van der Waals surface area contributed by atoms with Crippen molar-refractivity contribution >= 4 is 11.5 Å². The van der Waals surface area contributed by atoms with Gasteiger partial charge in [0.15, 0.2) is 0 Å². The summed E-state index contributed by atoms with van der Waals surface area (Å²) < 4.78 is 16.6. The molecule has 3 rings (SSSR count). The second-order valence-electron chi connectivity index (χ2n) is 6.52. The van der Waals surface area contributed by atoms with Crippen molar-refractivity contribution in [3.63, 3.8) is 0 Å². The number of rotatable bonds is 8. The van der Waals surface area contributed by atoms with Crippen LogP contribution in [0.2, 0.25) is 0 Å². The summed E-state index contributed by atoms with van der Waals surface area (Å²) in [5, 5.41) is 6.66. The predicted octanol–water partition coefficient (Wildman–Crippen LogP) is 2.39. The normalized spacial score (nSPS) is 14.8. The van der Waals surface area contributed by atoms with Crippen molar-refractivity contribution < 1.29 is 14.2 Å². The molecule has 2 aromatic heterocycles. The van der Waals surface area contributed by atoms with Crippen molar-refractivity contribution in [1.82, 2.24) is 20.3 Å². The molecule has 27 heavy (non-hydrogen) atoms. The van der Waals surface area contributed by atoms with Crippen LogP contribution in [0.25, 0.3) is 0 Å². The van der Waals surface area contributed by atoms with Gasteiger partial charge < -0.3 is 24.8 Å². The van der Waals surface area contributed by atoms with Gasteiger partial charge in [-0.1, -0.05) is 0 Å². The highest BCUT2D eigenvalue weighted by Crippen LogP contribution is 2.27. The Morgan fingerprint density at radius 3 is 2.70 bits per heavy atom. The van der Waals surface area contributed by atoms with Gasteiger partial charge in [-0.15, -0.1) is 0 Å². The second-order valence-corrected chi connectivity index (χ2v) is 6.52. The quantitative estimate of drug-likeness (QED) is 0.682. The molecule has 2 aromatic rings. The lowest BCUT2D eigenvalue weighted by Crippen LogP contribution is -2.34. The average molecular weight is 373 g/mol. The maximum Gasteiger partial charge on any atom is 0.221 e. The summed E-state index contributed by atoms with van der Waals surface area (Å²) in [6, 6.07) is 1.89. The lowest BCUT2D eigenvalue weighted by Gasteiger charge is -2.24. The number of nitrogens with one attached hydrogen (secondary N) is 2.